The van der Waals surface area contributed by atoms with Crippen molar-refractivity contribution in [1.82, 2.24) is 5.32 Å². The second-order valence-electron chi connectivity index (χ2n) is 8.83. The number of carbonyl (C=O) groups is 1. The van der Waals surface area contributed by atoms with Gasteiger partial charge in [0.25, 0.3) is 0 Å². The van der Waals surface area contributed by atoms with Gasteiger partial charge in [-0.15, -0.1) is 11.3 Å². The lowest BCUT2D eigenvalue weighted by atomic mass is 9.53. The first kappa shape index (κ1) is 17.0. The number of rotatable bonds is 3. The molecule has 0 unspecified atom stereocenters. The van der Waals surface area contributed by atoms with Crippen molar-refractivity contribution in [3.63, 3.8) is 0 Å². The molecule has 1 aromatic rings. The van der Waals surface area contributed by atoms with E-state index in [2.05, 4.69) is 10.6 Å². The number of ether oxygens (including phenoxy) is 1. The van der Waals surface area contributed by atoms with Gasteiger partial charge in [0.15, 0.2) is 5.11 Å². The molecule has 0 saturated heterocycles. The van der Waals surface area contributed by atoms with Crippen LogP contribution in [0.2, 0.25) is 0 Å². The summed E-state index contributed by atoms with van der Waals surface area (Å²) in [7, 11) is 1.46. The largest absolute Gasteiger partial charge is 0.465 e. The summed E-state index contributed by atoms with van der Waals surface area (Å²) in [6.07, 6.45) is 11.2. The summed E-state index contributed by atoms with van der Waals surface area (Å²) < 4.78 is 5.04. The summed E-state index contributed by atoms with van der Waals surface area (Å²) in [5.41, 5.74) is 2.06. The third-order valence-electron chi connectivity index (χ3n) is 6.95. The summed E-state index contributed by atoms with van der Waals surface area (Å²) in [5, 5.41) is 8.61. The van der Waals surface area contributed by atoms with E-state index in [1.807, 2.05) is 0 Å². The van der Waals surface area contributed by atoms with Crippen LogP contribution in [0.3, 0.4) is 0 Å². The Bertz CT molecular complexity index is 735. The molecule has 0 radical (unpaired) electrons. The number of hydrogen-bond acceptors (Lipinski definition) is 4. The molecule has 4 fully saturated rings. The monoisotopic (exact) mass is 390 g/mol. The highest BCUT2D eigenvalue weighted by Gasteiger charge is 2.51. The van der Waals surface area contributed by atoms with Gasteiger partial charge >= 0.3 is 5.97 Å². The standard InChI is InChI=1S/C20H26N2O2S2/c1-24-18(23)16-14-3-2-4-15(14)26-17(16)21-19(25)22-20-8-11-5-12(9-20)7-13(6-11)10-20/h11-13H,2-10H2,1H3,(H2,21,22,25). The minimum Gasteiger partial charge on any atom is -0.465 e. The highest BCUT2D eigenvalue weighted by atomic mass is 32.1. The highest BCUT2D eigenvalue weighted by Crippen LogP contribution is 2.55. The van der Waals surface area contributed by atoms with Crippen molar-refractivity contribution in [3.8, 4) is 0 Å². The van der Waals surface area contributed by atoms with Gasteiger partial charge in [-0.2, -0.15) is 0 Å². The molecule has 2 N–H and O–H groups in total. The molecule has 5 aliphatic carbocycles. The summed E-state index contributed by atoms with van der Waals surface area (Å²) in [4.78, 5) is 13.6. The lowest BCUT2D eigenvalue weighted by Gasteiger charge is -2.57. The molecule has 4 nitrogen and oxygen atoms in total. The van der Waals surface area contributed by atoms with E-state index in [-0.39, 0.29) is 11.5 Å². The first-order valence-corrected chi connectivity index (χ1v) is 11.1. The third-order valence-corrected chi connectivity index (χ3v) is 8.37. The molecular formula is C20H26N2O2S2. The lowest BCUT2D eigenvalue weighted by Crippen LogP contribution is -2.60. The van der Waals surface area contributed by atoms with Crippen LogP contribution in [0.15, 0.2) is 0 Å². The summed E-state index contributed by atoms with van der Waals surface area (Å²) in [6, 6.07) is 0. The minimum atomic E-state index is -0.246. The normalized spacial score (nSPS) is 33.8. The van der Waals surface area contributed by atoms with Gasteiger partial charge in [-0.05, 0) is 93.3 Å². The van der Waals surface area contributed by atoms with Crippen LogP contribution in [0.25, 0.3) is 0 Å². The van der Waals surface area contributed by atoms with E-state index >= 15 is 0 Å². The summed E-state index contributed by atoms with van der Waals surface area (Å²) >= 11 is 7.37. The van der Waals surface area contributed by atoms with E-state index < -0.39 is 0 Å². The molecule has 0 aliphatic heterocycles. The smallest absolute Gasteiger partial charge is 0.341 e. The van der Waals surface area contributed by atoms with Crippen LogP contribution in [0, 0.1) is 17.8 Å². The van der Waals surface area contributed by atoms with Crippen molar-refractivity contribution in [1.29, 1.82) is 0 Å². The number of carbonyl (C=O) groups excluding carboxylic acids is 1. The summed E-state index contributed by atoms with van der Waals surface area (Å²) in [5.74, 6) is 2.40. The molecule has 1 heterocycles. The van der Waals surface area contributed by atoms with Crippen LogP contribution in [0.5, 0.6) is 0 Å². The quantitative estimate of drug-likeness (QED) is 0.596. The SMILES string of the molecule is COC(=O)c1c(NC(=S)NC23CC4CC(CC(C4)C2)C3)sc2c1CCC2. The number of thiophene rings is 1. The number of thiocarbonyl (C=S) groups is 1. The topological polar surface area (TPSA) is 50.4 Å². The Hall–Kier alpha value is -1.14. The van der Waals surface area contributed by atoms with Crippen molar-refractivity contribution in [3.05, 3.63) is 16.0 Å². The zero-order valence-corrected chi connectivity index (χ0v) is 16.9. The Morgan fingerprint density at radius 1 is 1.15 bits per heavy atom. The van der Waals surface area contributed by atoms with Gasteiger partial charge < -0.3 is 15.4 Å². The van der Waals surface area contributed by atoms with E-state index in [1.54, 1.807) is 11.3 Å². The van der Waals surface area contributed by atoms with Crippen molar-refractivity contribution in [2.75, 3.05) is 12.4 Å². The molecule has 4 saturated carbocycles. The fraction of sp³-hybridized carbons (Fsp3) is 0.700. The summed E-state index contributed by atoms with van der Waals surface area (Å²) in [6.45, 7) is 0. The van der Waals surface area contributed by atoms with Crippen molar-refractivity contribution < 1.29 is 9.53 Å². The van der Waals surface area contributed by atoms with E-state index in [0.717, 1.165) is 42.0 Å². The molecule has 0 amide bonds. The fourth-order valence-electron chi connectivity index (χ4n) is 6.45. The predicted molar refractivity (Wildman–Crippen MR) is 108 cm³/mol. The van der Waals surface area contributed by atoms with Crippen LogP contribution in [0.1, 0.15) is 65.7 Å². The van der Waals surface area contributed by atoms with E-state index in [1.165, 1.54) is 56.1 Å². The number of aryl methyl sites for hydroxylation is 1. The van der Waals surface area contributed by atoms with Crippen molar-refractivity contribution in [2.24, 2.45) is 17.8 Å². The van der Waals surface area contributed by atoms with Crippen molar-refractivity contribution in [2.45, 2.75) is 63.3 Å². The van der Waals surface area contributed by atoms with Gasteiger partial charge in [-0.1, -0.05) is 0 Å². The lowest BCUT2D eigenvalue weighted by molar-refractivity contribution is -0.00972. The number of fused-ring (bicyclic) bond motifs is 1. The number of methoxy groups -OCH3 is 1. The number of nitrogens with one attached hydrogen (secondary N) is 2. The number of esters is 1. The van der Waals surface area contributed by atoms with Crippen LogP contribution in [-0.2, 0) is 17.6 Å². The molecule has 4 bridgehead atoms. The average Bonchev–Trinajstić information content (AvgIpc) is 3.12. The fourth-order valence-corrected chi connectivity index (χ4v) is 8.11. The van der Waals surface area contributed by atoms with Gasteiger partial charge in [0, 0.05) is 10.4 Å². The molecule has 140 valence electrons. The van der Waals surface area contributed by atoms with Gasteiger partial charge in [0.1, 0.15) is 5.00 Å². The van der Waals surface area contributed by atoms with Crippen LogP contribution >= 0.6 is 23.6 Å². The Morgan fingerprint density at radius 2 is 1.81 bits per heavy atom. The molecule has 26 heavy (non-hydrogen) atoms. The zero-order chi connectivity index (χ0) is 17.9. The molecule has 0 aromatic carbocycles. The molecule has 6 heteroatoms. The second kappa shape index (κ2) is 6.20. The molecule has 6 rings (SSSR count). The van der Waals surface area contributed by atoms with Crippen LogP contribution in [-0.4, -0.2) is 23.7 Å². The first-order valence-electron chi connectivity index (χ1n) is 9.87. The third kappa shape index (κ3) is 2.76. The Morgan fingerprint density at radius 3 is 2.42 bits per heavy atom. The molecule has 1 aromatic heterocycles. The average molecular weight is 391 g/mol. The van der Waals surface area contributed by atoms with Crippen LogP contribution in [0.4, 0.5) is 5.00 Å². The second-order valence-corrected chi connectivity index (χ2v) is 10.3. The van der Waals surface area contributed by atoms with E-state index in [4.69, 9.17) is 17.0 Å². The first-order chi connectivity index (χ1) is 12.5. The number of hydrogen-bond donors (Lipinski definition) is 2. The van der Waals surface area contributed by atoms with Gasteiger partial charge in [0.05, 0.1) is 12.7 Å². The molecule has 0 atom stereocenters. The molecule has 0 spiro atoms. The van der Waals surface area contributed by atoms with Crippen LogP contribution < -0.4 is 10.6 Å². The zero-order valence-electron chi connectivity index (χ0n) is 15.2. The van der Waals surface area contributed by atoms with E-state index in [9.17, 15) is 4.79 Å². The van der Waals surface area contributed by atoms with Crippen molar-refractivity contribution >= 4 is 39.6 Å². The highest BCUT2D eigenvalue weighted by molar-refractivity contribution is 7.80. The van der Waals surface area contributed by atoms with E-state index in [0.29, 0.717) is 10.7 Å². The predicted octanol–water partition coefficient (Wildman–Crippen LogP) is 4.28. The molecular weight excluding hydrogens is 364 g/mol. The Balaban J connectivity index is 1.34. The van der Waals surface area contributed by atoms with Gasteiger partial charge in [0.2, 0.25) is 0 Å². The Kier molecular flexibility index (Phi) is 4.05. The maximum atomic E-state index is 12.3. The number of anilines is 1. The maximum Gasteiger partial charge on any atom is 0.341 e. The minimum absolute atomic E-state index is 0.185. The van der Waals surface area contributed by atoms with Gasteiger partial charge in [-0.3, -0.25) is 0 Å². The maximum absolute atomic E-state index is 12.3. The Labute approximate surface area is 164 Å². The molecule has 5 aliphatic rings. The van der Waals surface area contributed by atoms with Gasteiger partial charge in [-0.25, -0.2) is 4.79 Å².